The third kappa shape index (κ3) is 3.32. The summed E-state index contributed by atoms with van der Waals surface area (Å²) in [6.07, 6.45) is 2.50. The zero-order valence-corrected chi connectivity index (χ0v) is 11.7. The number of hydrogen-bond donors (Lipinski definition) is 1. The van der Waals surface area contributed by atoms with Crippen LogP contribution in [-0.4, -0.2) is 31.5 Å². The maximum absolute atomic E-state index is 5.61. The van der Waals surface area contributed by atoms with Crippen LogP contribution >= 0.6 is 0 Å². The zero-order chi connectivity index (χ0) is 14.5. The molecule has 0 unspecified atom stereocenters. The van der Waals surface area contributed by atoms with E-state index in [1.807, 2.05) is 41.9 Å². The molecule has 0 saturated carbocycles. The van der Waals surface area contributed by atoms with E-state index >= 15 is 0 Å². The van der Waals surface area contributed by atoms with Crippen molar-refractivity contribution in [3.8, 4) is 11.5 Å². The van der Waals surface area contributed by atoms with E-state index in [9.17, 15) is 0 Å². The van der Waals surface area contributed by atoms with Crippen molar-refractivity contribution in [3.05, 3.63) is 48.4 Å². The van der Waals surface area contributed by atoms with E-state index < -0.39 is 0 Å². The lowest BCUT2D eigenvalue weighted by molar-refractivity contribution is 0.477. The van der Waals surface area contributed by atoms with E-state index in [1.165, 1.54) is 0 Å². The zero-order valence-electron chi connectivity index (χ0n) is 11.7. The highest BCUT2D eigenvalue weighted by Crippen LogP contribution is 2.16. The summed E-state index contributed by atoms with van der Waals surface area (Å²) in [6, 6.07) is 9.73. The third-order valence-corrected chi connectivity index (χ3v) is 3.09. The first-order chi connectivity index (χ1) is 10.3. The molecule has 3 rings (SSSR count). The molecule has 0 spiro atoms. The lowest BCUT2D eigenvalue weighted by atomic mass is 10.2. The second-order valence-corrected chi connectivity index (χ2v) is 4.65. The Balaban J connectivity index is 1.50. The quantitative estimate of drug-likeness (QED) is 0.685. The SMILES string of the molecule is Cn1cnnc1CCNCc1nnc(-c2ccccc2)o1. The van der Waals surface area contributed by atoms with Gasteiger partial charge < -0.3 is 14.3 Å². The van der Waals surface area contributed by atoms with Gasteiger partial charge in [-0.3, -0.25) is 0 Å². The van der Waals surface area contributed by atoms with Gasteiger partial charge in [0.15, 0.2) is 0 Å². The van der Waals surface area contributed by atoms with Crippen LogP contribution in [0.2, 0.25) is 0 Å². The normalized spacial score (nSPS) is 10.9. The highest BCUT2D eigenvalue weighted by molar-refractivity contribution is 5.51. The van der Waals surface area contributed by atoms with E-state index in [-0.39, 0.29) is 0 Å². The number of hydrogen-bond acceptors (Lipinski definition) is 6. The number of benzene rings is 1. The lowest BCUT2D eigenvalue weighted by Crippen LogP contribution is -2.18. The first-order valence-electron chi connectivity index (χ1n) is 6.74. The Kier molecular flexibility index (Phi) is 4.02. The molecule has 0 radical (unpaired) electrons. The minimum absolute atomic E-state index is 0.539. The van der Waals surface area contributed by atoms with E-state index in [4.69, 9.17) is 4.42 Å². The minimum atomic E-state index is 0.539. The minimum Gasteiger partial charge on any atom is -0.419 e. The topological polar surface area (TPSA) is 81.7 Å². The summed E-state index contributed by atoms with van der Waals surface area (Å²) in [5, 5.41) is 19.2. The molecule has 0 saturated heterocycles. The summed E-state index contributed by atoms with van der Waals surface area (Å²) in [5.41, 5.74) is 0.926. The molecule has 0 fully saturated rings. The number of nitrogens with zero attached hydrogens (tertiary/aromatic N) is 5. The molecule has 7 nitrogen and oxygen atoms in total. The number of aryl methyl sites for hydroxylation is 1. The van der Waals surface area contributed by atoms with Crippen molar-refractivity contribution in [2.24, 2.45) is 7.05 Å². The van der Waals surface area contributed by atoms with Crippen LogP contribution in [0.5, 0.6) is 0 Å². The summed E-state index contributed by atoms with van der Waals surface area (Å²) in [5.74, 6) is 2.06. The molecule has 1 N–H and O–H groups in total. The molecule has 0 aliphatic carbocycles. The first kappa shape index (κ1) is 13.4. The largest absolute Gasteiger partial charge is 0.419 e. The van der Waals surface area contributed by atoms with Gasteiger partial charge in [0.25, 0.3) is 0 Å². The predicted molar refractivity (Wildman–Crippen MR) is 76.1 cm³/mol. The highest BCUT2D eigenvalue weighted by atomic mass is 16.4. The van der Waals surface area contributed by atoms with Crippen molar-refractivity contribution in [3.63, 3.8) is 0 Å². The summed E-state index contributed by atoms with van der Waals surface area (Å²) in [4.78, 5) is 0. The van der Waals surface area contributed by atoms with Crippen LogP contribution in [0.25, 0.3) is 11.5 Å². The maximum atomic E-state index is 5.61. The van der Waals surface area contributed by atoms with Crippen molar-refractivity contribution >= 4 is 0 Å². The van der Waals surface area contributed by atoms with Crippen molar-refractivity contribution in [2.75, 3.05) is 6.54 Å². The molecule has 108 valence electrons. The van der Waals surface area contributed by atoms with E-state index in [1.54, 1.807) is 6.33 Å². The van der Waals surface area contributed by atoms with Gasteiger partial charge in [0, 0.05) is 25.6 Å². The van der Waals surface area contributed by atoms with Crippen LogP contribution in [-0.2, 0) is 20.0 Å². The van der Waals surface area contributed by atoms with Gasteiger partial charge >= 0.3 is 0 Å². The molecule has 0 aliphatic rings. The summed E-state index contributed by atoms with van der Waals surface area (Å²) < 4.78 is 7.52. The Hall–Kier alpha value is -2.54. The van der Waals surface area contributed by atoms with Gasteiger partial charge in [0.2, 0.25) is 11.8 Å². The molecular formula is C14H16N6O. The van der Waals surface area contributed by atoms with E-state index in [0.717, 1.165) is 24.4 Å². The van der Waals surface area contributed by atoms with Crippen molar-refractivity contribution < 1.29 is 4.42 Å². The Bertz CT molecular complexity index is 690. The Labute approximate surface area is 122 Å². The van der Waals surface area contributed by atoms with Crippen molar-refractivity contribution in [1.82, 2.24) is 30.3 Å². The van der Waals surface area contributed by atoms with Crippen LogP contribution in [0, 0.1) is 0 Å². The van der Waals surface area contributed by atoms with Gasteiger partial charge in [0.1, 0.15) is 12.2 Å². The number of rotatable bonds is 6. The number of aromatic nitrogens is 5. The second kappa shape index (κ2) is 6.27. The molecule has 0 bridgehead atoms. The molecule has 0 atom stereocenters. The summed E-state index contributed by atoms with van der Waals surface area (Å²) in [6.45, 7) is 1.31. The average molecular weight is 284 g/mol. The lowest BCUT2D eigenvalue weighted by Gasteiger charge is -2.01. The molecule has 0 aliphatic heterocycles. The molecule has 0 amide bonds. The van der Waals surface area contributed by atoms with Crippen LogP contribution in [0.4, 0.5) is 0 Å². The molecule has 2 heterocycles. The fourth-order valence-corrected chi connectivity index (χ4v) is 1.95. The smallest absolute Gasteiger partial charge is 0.247 e. The average Bonchev–Trinajstić information content (AvgIpc) is 3.14. The highest BCUT2D eigenvalue weighted by Gasteiger charge is 2.07. The molecule has 21 heavy (non-hydrogen) atoms. The van der Waals surface area contributed by atoms with Gasteiger partial charge in [-0.25, -0.2) is 0 Å². The Morgan fingerprint density at radius 3 is 2.76 bits per heavy atom. The van der Waals surface area contributed by atoms with E-state index in [2.05, 4.69) is 25.7 Å². The Morgan fingerprint density at radius 1 is 1.14 bits per heavy atom. The third-order valence-electron chi connectivity index (χ3n) is 3.09. The number of nitrogens with one attached hydrogen (secondary N) is 1. The summed E-state index contributed by atoms with van der Waals surface area (Å²) in [7, 11) is 1.93. The van der Waals surface area contributed by atoms with Crippen molar-refractivity contribution in [1.29, 1.82) is 0 Å². The van der Waals surface area contributed by atoms with Gasteiger partial charge in [-0.15, -0.1) is 20.4 Å². The van der Waals surface area contributed by atoms with E-state index in [0.29, 0.717) is 18.3 Å². The van der Waals surface area contributed by atoms with Gasteiger partial charge in [-0.2, -0.15) is 0 Å². The van der Waals surface area contributed by atoms with Crippen LogP contribution < -0.4 is 5.32 Å². The maximum Gasteiger partial charge on any atom is 0.247 e. The van der Waals surface area contributed by atoms with Crippen LogP contribution in [0.1, 0.15) is 11.7 Å². The first-order valence-corrected chi connectivity index (χ1v) is 6.74. The molecular weight excluding hydrogens is 268 g/mol. The Morgan fingerprint density at radius 2 is 2.00 bits per heavy atom. The van der Waals surface area contributed by atoms with Gasteiger partial charge in [-0.05, 0) is 12.1 Å². The van der Waals surface area contributed by atoms with Gasteiger partial charge in [0.05, 0.1) is 6.54 Å². The fourth-order valence-electron chi connectivity index (χ4n) is 1.95. The molecule has 7 heteroatoms. The van der Waals surface area contributed by atoms with Crippen LogP contribution in [0.15, 0.2) is 41.1 Å². The molecule has 3 aromatic rings. The second-order valence-electron chi connectivity index (χ2n) is 4.65. The fraction of sp³-hybridized carbons (Fsp3) is 0.286. The standard InChI is InChI=1S/C14H16N6O/c1-20-10-16-17-12(20)7-8-15-9-13-18-19-14(21-13)11-5-3-2-4-6-11/h2-6,10,15H,7-9H2,1H3. The molecule has 2 aromatic heterocycles. The molecule has 1 aromatic carbocycles. The van der Waals surface area contributed by atoms with Crippen molar-refractivity contribution in [2.45, 2.75) is 13.0 Å². The van der Waals surface area contributed by atoms with Gasteiger partial charge in [-0.1, -0.05) is 18.2 Å². The van der Waals surface area contributed by atoms with Crippen LogP contribution in [0.3, 0.4) is 0 Å². The summed E-state index contributed by atoms with van der Waals surface area (Å²) >= 11 is 0. The predicted octanol–water partition coefficient (Wildman–Crippen LogP) is 1.20. The monoisotopic (exact) mass is 284 g/mol.